The van der Waals surface area contributed by atoms with Crippen LogP contribution < -0.4 is 10.1 Å². The summed E-state index contributed by atoms with van der Waals surface area (Å²) in [7, 11) is 1.43. The number of carbonyl (C=O) groups is 1. The molecule has 0 radical (unpaired) electrons. The predicted octanol–water partition coefficient (Wildman–Crippen LogP) is 3.25. The lowest BCUT2D eigenvalue weighted by atomic mass is 10.2. The molecule has 1 aromatic carbocycles. The number of aromatic nitrogens is 2. The molecule has 22 heavy (non-hydrogen) atoms. The fraction of sp³-hybridized carbons (Fsp3) is 0.375. The number of amides is 1. The van der Waals surface area contributed by atoms with Crippen LogP contribution in [0.1, 0.15) is 29.9 Å². The van der Waals surface area contributed by atoms with E-state index in [1.807, 2.05) is 11.6 Å². The largest absolute Gasteiger partial charge is 0.494 e. The molecular formula is C16H20FN3O2. The van der Waals surface area contributed by atoms with E-state index in [2.05, 4.69) is 24.3 Å². The number of carbonyl (C=O) groups excluding carboxylic acids is 1. The Hall–Kier alpha value is -2.37. The Kier molecular flexibility index (Phi) is 4.80. The van der Waals surface area contributed by atoms with Crippen molar-refractivity contribution in [2.24, 2.45) is 5.92 Å². The highest BCUT2D eigenvalue weighted by atomic mass is 19.1. The average Bonchev–Trinajstić information content (AvgIpc) is 2.81. The topological polar surface area (TPSA) is 56.1 Å². The van der Waals surface area contributed by atoms with E-state index in [-0.39, 0.29) is 11.7 Å². The molecule has 0 spiro atoms. The Morgan fingerprint density at radius 1 is 1.45 bits per heavy atom. The van der Waals surface area contributed by atoms with E-state index in [9.17, 15) is 9.18 Å². The standard InChI is InChI=1S/C16H20FN3O2/c1-10(2)9-20-11(3)13(8-18-20)16(21)19-14-6-5-12(17)7-15(14)22-4/h5-8,10H,9H2,1-4H3,(H,19,21). The highest BCUT2D eigenvalue weighted by Crippen LogP contribution is 2.25. The summed E-state index contributed by atoms with van der Waals surface area (Å²) >= 11 is 0. The van der Waals surface area contributed by atoms with E-state index in [1.54, 1.807) is 6.20 Å². The molecule has 118 valence electrons. The number of nitrogens with one attached hydrogen (secondary N) is 1. The van der Waals surface area contributed by atoms with E-state index in [0.29, 0.717) is 17.2 Å². The second-order valence-corrected chi connectivity index (χ2v) is 5.52. The number of ether oxygens (including phenoxy) is 1. The van der Waals surface area contributed by atoms with Crippen molar-refractivity contribution in [3.63, 3.8) is 0 Å². The normalized spacial score (nSPS) is 10.8. The maximum Gasteiger partial charge on any atom is 0.259 e. The Balaban J connectivity index is 2.21. The van der Waals surface area contributed by atoms with Crippen LogP contribution in [0.3, 0.4) is 0 Å². The van der Waals surface area contributed by atoms with E-state index in [0.717, 1.165) is 12.2 Å². The van der Waals surface area contributed by atoms with Crippen molar-refractivity contribution in [2.45, 2.75) is 27.3 Å². The summed E-state index contributed by atoms with van der Waals surface area (Å²) in [6, 6.07) is 3.97. The van der Waals surface area contributed by atoms with E-state index < -0.39 is 5.82 Å². The maximum atomic E-state index is 13.2. The summed E-state index contributed by atoms with van der Waals surface area (Å²) in [6.45, 7) is 6.78. The monoisotopic (exact) mass is 305 g/mol. The van der Waals surface area contributed by atoms with Gasteiger partial charge >= 0.3 is 0 Å². The van der Waals surface area contributed by atoms with Crippen molar-refractivity contribution in [1.82, 2.24) is 9.78 Å². The zero-order valence-corrected chi connectivity index (χ0v) is 13.2. The number of anilines is 1. The van der Waals surface area contributed by atoms with Crippen molar-refractivity contribution in [1.29, 1.82) is 0 Å². The first kappa shape index (κ1) is 16.0. The van der Waals surface area contributed by atoms with E-state index >= 15 is 0 Å². The van der Waals surface area contributed by atoms with Gasteiger partial charge in [-0.2, -0.15) is 5.10 Å². The molecule has 1 aromatic heterocycles. The minimum absolute atomic E-state index is 0.278. The van der Waals surface area contributed by atoms with Crippen molar-refractivity contribution in [3.8, 4) is 5.75 Å². The van der Waals surface area contributed by atoms with Crippen molar-refractivity contribution >= 4 is 11.6 Å². The molecule has 1 heterocycles. The number of methoxy groups -OCH3 is 1. The molecule has 0 atom stereocenters. The fourth-order valence-corrected chi connectivity index (χ4v) is 2.16. The van der Waals surface area contributed by atoms with Gasteiger partial charge in [0.1, 0.15) is 11.6 Å². The first-order valence-electron chi connectivity index (χ1n) is 7.09. The number of benzene rings is 1. The average molecular weight is 305 g/mol. The molecule has 0 unspecified atom stereocenters. The van der Waals surface area contributed by atoms with Gasteiger partial charge in [0.05, 0.1) is 24.6 Å². The highest BCUT2D eigenvalue weighted by molar-refractivity contribution is 6.05. The summed E-state index contributed by atoms with van der Waals surface area (Å²) in [5.41, 5.74) is 1.71. The molecule has 0 aliphatic rings. The van der Waals surface area contributed by atoms with Gasteiger partial charge in [-0.1, -0.05) is 13.8 Å². The lowest BCUT2D eigenvalue weighted by Gasteiger charge is -2.11. The van der Waals surface area contributed by atoms with Crippen molar-refractivity contribution < 1.29 is 13.9 Å². The SMILES string of the molecule is COc1cc(F)ccc1NC(=O)c1cnn(CC(C)C)c1C. The first-order chi connectivity index (χ1) is 10.4. The summed E-state index contributed by atoms with van der Waals surface area (Å²) in [4.78, 5) is 12.4. The lowest BCUT2D eigenvalue weighted by molar-refractivity contribution is 0.102. The quantitative estimate of drug-likeness (QED) is 0.922. The van der Waals surface area contributed by atoms with Gasteiger partial charge in [0.15, 0.2) is 0 Å². The molecule has 2 aromatic rings. The van der Waals surface area contributed by atoms with Crippen LogP contribution in [0.15, 0.2) is 24.4 Å². The van der Waals surface area contributed by atoms with Crippen LogP contribution in [-0.2, 0) is 6.54 Å². The molecule has 2 rings (SSSR count). The Morgan fingerprint density at radius 2 is 2.18 bits per heavy atom. The zero-order valence-electron chi connectivity index (χ0n) is 13.2. The highest BCUT2D eigenvalue weighted by Gasteiger charge is 2.16. The van der Waals surface area contributed by atoms with E-state index in [4.69, 9.17) is 4.74 Å². The number of halogens is 1. The summed E-state index contributed by atoms with van der Waals surface area (Å²) in [6.07, 6.45) is 1.54. The Morgan fingerprint density at radius 3 is 2.82 bits per heavy atom. The minimum atomic E-state index is -0.421. The van der Waals surface area contributed by atoms with Gasteiger partial charge in [0, 0.05) is 18.3 Å². The molecule has 0 saturated heterocycles. The molecule has 5 nitrogen and oxygen atoms in total. The lowest BCUT2D eigenvalue weighted by Crippen LogP contribution is -2.15. The van der Waals surface area contributed by atoms with Crippen LogP contribution >= 0.6 is 0 Å². The van der Waals surface area contributed by atoms with Gasteiger partial charge < -0.3 is 10.1 Å². The number of hydrogen-bond acceptors (Lipinski definition) is 3. The third kappa shape index (κ3) is 3.44. The third-order valence-corrected chi connectivity index (χ3v) is 3.30. The molecule has 0 bridgehead atoms. The summed E-state index contributed by atoms with van der Waals surface area (Å²) in [5.74, 6) is 0.000441. The first-order valence-corrected chi connectivity index (χ1v) is 7.09. The van der Waals surface area contributed by atoms with Gasteiger partial charge in [-0.05, 0) is 25.0 Å². The third-order valence-electron chi connectivity index (χ3n) is 3.30. The molecule has 0 aliphatic carbocycles. The summed E-state index contributed by atoms with van der Waals surface area (Å²) < 4.78 is 20.1. The second-order valence-electron chi connectivity index (χ2n) is 5.52. The maximum absolute atomic E-state index is 13.2. The molecule has 6 heteroatoms. The van der Waals surface area contributed by atoms with Gasteiger partial charge in [-0.25, -0.2) is 4.39 Å². The van der Waals surface area contributed by atoms with Crippen molar-refractivity contribution in [3.05, 3.63) is 41.5 Å². The molecule has 0 fully saturated rings. The van der Waals surface area contributed by atoms with Gasteiger partial charge in [-0.3, -0.25) is 9.48 Å². The molecule has 0 aliphatic heterocycles. The Labute approximate surface area is 129 Å². The predicted molar refractivity (Wildman–Crippen MR) is 82.7 cm³/mol. The summed E-state index contributed by atoms with van der Waals surface area (Å²) in [5, 5.41) is 6.97. The molecule has 1 N–H and O–H groups in total. The second kappa shape index (κ2) is 6.60. The van der Waals surface area contributed by atoms with Crippen LogP contribution in [-0.4, -0.2) is 22.8 Å². The van der Waals surface area contributed by atoms with Gasteiger partial charge in [0.2, 0.25) is 0 Å². The fourth-order valence-electron chi connectivity index (χ4n) is 2.16. The molecule has 0 saturated carbocycles. The van der Waals surface area contributed by atoms with Crippen LogP contribution in [0, 0.1) is 18.7 Å². The van der Waals surface area contributed by atoms with Crippen LogP contribution in [0.2, 0.25) is 0 Å². The minimum Gasteiger partial charge on any atom is -0.494 e. The zero-order chi connectivity index (χ0) is 16.3. The van der Waals surface area contributed by atoms with Crippen LogP contribution in [0.4, 0.5) is 10.1 Å². The van der Waals surface area contributed by atoms with E-state index in [1.165, 1.54) is 25.3 Å². The molecule has 1 amide bonds. The number of hydrogen-bond donors (Lipinski definition) is 1. The van der Waals surface area contributed by atoms with Gasteiger partial charge in [0.25, 0.3) is 5.91 Å². The molecular weight excluding hydrogens is 285 g/mol. The van der Waals surface area contributed by atoms with Crippen LogP contribution in [0.5, 0.6) is 5.75 Å². The van der Waals surface area contributed by atoms with Crippen molar-refractivity contribution in [2.75, 3.05) is 12.4 Å². The number of rotatable bonds is 5. The van der Waals surface area contributed by atoms with Crippen LogP contribution in [0.25, 0.3) is 0 Å². The van der Waals surface area contributed by atoms with Gasteiger partial charge in [-0.15, -0.1) is 0 Å². The smallest absolute Gasteiger partial charge is 0.259 e. The Bertz CT molecular complexity index is 680. The number of nitrogens with zero attached hydrogens (tertiary/aromatic N) is 2.